The lowest BCUT2D eigenvalue weighted by Crippen LogP contribution is -2.73. The monoisotopic (exact) mass is 178 g/mol. The third kappa shape index (κ3) is 1.12. The third-order valence-corrected chi connectivity index (χ3v) is 1.39. The molecule has 1 aliphatic rings. The summed E-state index contributed by atoms with van der Waals surface area (Å²) < 4.78 is 0. The second-order valence-corrected chi connectivity index (χ2v) is 2.42. The molecule has 0 atom stereocenters. The molecule has 70 valence electrons. The molecule has 0 aromatic rings. The van der Waals surface area contributed by atoms with Crippen molar-refractivity contribution in [2.75, 3.05) is 0 Å². The van der Waals surface area contributed by atoms with E-state index in [0.29, 0.717) is 0 Å². The maximum atomic E-state index is 8.90. The van der Waals surface area contributed by atoms with E-state index < -0.39 is 11.8 Å². The van der Waals surface area contributed by atoms with E-state index in [9.17, 15) is 0 Å². The minimum Gasteiger partial charge on any atom is -0.382 e. The van der Waals surface area contributed by atoms with Crippen LogP contribution in [-0.4, -0.2) is 32.2 Å². The van der Waals surface area contributed by atoms with Crippen LogP contribution in [0.4, 0.5) is 0 Å². The Bertz CT molecular complexity index is 211. The summed E-state index contributed by atoms with van der Waals surface area (Å²) in [5.74, 6) is -6.56. The maximum absolute atomic E-state index is 8.90. The molecular weight excluding hydrogens is 168 g/mol. The molecule has 0 saturated carbocycles. The van der Waals surface area contributed by atoms with Crippen LogP contribution >= 0.6 is 0 Å². The van der Waals surface area contributed by atoms with Crippen LogP contribution in [0.5, 0.6) is 0 Å². The lowest BCUT2D eigenvalue weighted by Gasteiger charge is -2.40. The number of rotatable bonds is 0. The Morgan fingerprint density at radius 2 is 1.08 bits per heavy atom. The highest BCUT2D eigenvalue weighted by Gasteiger charge is 2.52. The summed E-state index contributed by atoms with van der Waals surface area (Å²) in [4.78, 5) is 0. The van der Waals surface area contributed by atoms with Crippen molar-refractivity contribution in [1.82, 2.24) is 10.6 Å². The molecule has 1 rings (SSSR count). The van der Waals surface area contributed by atoms with Gasteiger partial charge in [-0.05, 0) is 0 Å². The average Bonchev–Trinajstić information content (AvgIpc) is 1.82. The molecule has 1 heterocycles. The number of aliphatic hydroxyl groups is 4. The first-order chi connectivity index (χ1) is 5.26. The summed E-state index contributed by atoms with van der Waals surface area (Å²) in [6, 6.07) is 0. The molecule has 8 heteroatoms. The molecule has 0 saturated heterocycles. The lowest BCUT2D eigenvalue weighted by molar-refractivity contribution is -0.381. The molecule has 0 amide bonds. The van der Waals surface area contributed by atoms with Crippen LogP contribution in [0, 0.1) is 0 Å². The predicted molar refractivity (Wildman–Crippen MR) is 36.0 cm³/mol. The molecule has 10 N–H and O–H groups in total. The Morgan fingerprint density at radius 3 is 1.33 bits per heavy atom. The summed E-state index contributed by atoms with van der Waals surface area (Å²) >= 11 is 0. The summed E-state index contributed by atoms with van der Waals surface area (Å²) in [7, 11) is 0. The highest BCUT2D eigenvalue weighted by molar-refractivity contribution is 5.12. The molecule has 0 unspecified atom stereocenters. The first-order valence-corrected chi connectivity index (χ1v) is 2.97. The van der Waals surface area contributed by atoms with Crippen molar-refractivity contribution in [2.24, 2.45) is 11.5 Å². The van der Waals surface area contributed by atoms with E-state index in [1.807, 2.05) is 0 Å². The Kier molecular flexibility index (Phi) is 1.58. The van der Waals surface area contributed by atoms with Crippen LogP contribution in [0.25, 0.3) is 0 Å². The lowest BCUT2D eigenvalue weighted by atomic mass is 10.3. The maximum Gasteiger partial charge on any atom is 0.324 e. The second-order valence-electron chi connectivity index (χ2n) is 2.42. The van der Waals surface area contributed by atoms with Gasteiger partial charge in [-0.25, -0.2) is 0 Å². The fourth-order valence-corrected chi connectivity index (χ4v) is 0.685. The van der Waals surface area contributed by atoms with Gasteiger partial charge in [0, 0.05) is 0 Å². The molecule has 0 radical (unpaired) electrons. The number of hydrogen-bond acceptors (Lipinski definition) is 8. The summed E-state index contributed by atoms with van der Waals surface area (Å²) in [6.07, 6.45) is 0. The quantitative estimate of drug-likeness (QED) is 0.172. The van der Waals surface area contributed by atoms with Gasteiger partial charge in [-0.15, -0.1) is 0 Å². The molecule has 0 bridgehead atoms. The number of nitrogens with two attached hydrogens (primary N) is 2. The van der Waals surface area contributed by atoms with Crippen molar-refractivity contribution in [2.45, 2.75) is 11.8 Å². The van der Waals surface area contributed by atoms with Gasteiger partial charge in [-0.1, -0.05) is 0 Å². The molecular formula is C4H10N4O4. The zero-order chi connectivity index (χ0) is 9.57. The zero-order valence-corrected chi connectivity index (χ0v) is 5.94. The van der Waals surface area contributed by atoms with Crippen LogP contribution in [0.1, 0.15) is 0 Å². The molecule has 0 spiro atoms. The van der Waals surface area contributed by atoms with Gasteiger partial charge < -0.3 is 42.5 Å². The van der Waals surface area contributed by atoms with Crippen molar-refractivity contribution in [1.29, 1.82) is 0 Å². The van der Waals surface area contributed by atoms with E-state index in [2.05, 4.69) is 0 Å². The minimum atomic E-state index is -2.99. The molecule has 0 aromatic heterocycles. The molecule has 12 heavy (non-hydrogen) atoms. The van der Waals surface area contributed by atoms with Crippen LogP contribution < -0.4 is 22.1 Å². The van der Waals surface area contributed by atoms with Crippen molar-refractivity contribution in [3.05, 3.63) is 11.6 Å². The van der Waals surface area contributed by atoms with E-state index in [1.54, 1.807) is 10.6 Å². The first-order valence-electron chi connectivity index (χ1n) is 2.97. The normalized spacial score (nSPS) is 26.0. The number of hydrogen-bond donors (Lipinski definition) is 8. The zero-order valence-electron chi connectivity index (χ0n) is 5.94. The third-order valence-electron chi connectivity index (χ3n) is 1.39. The fourth-order valence-electron chi connectivity index (χ4n) is 0.685. The van der Waals surface area contributed by atoms with Crippen LogP contribution in [0.3, 0.4) is 0 Å². The van der Waals surface area contributed by atoms with E-state index >= 15 is 0 Å². The molecule has 0 aromatic carbocycles. The van der Waals surface area contributed by atoms with E-state index in [0.717, 1.165) is 0 Å². The topological polar surface area (TPSA) is 157 Å². The SMILES string of the molecule is NC1=C(N)NC(O)(O)C(O)(O)N1. The highest BCUT2D eigenvalue weighted by Crippen LogP contribution is 2.16. The molecule has 0 aliphatic carbocycles. The van der Waals surface area contributed by atoms with Gasteiger partial charge in [0.2, 0.25) is 0 Å². The largest absolute Gasteiger partial charge is 0.382 e. The van der Waals surface area contributed by atoms with Crippen molar-refractivity contribution >= 4 is 0 Å². The van der Waals surface area contributed by atoms with E-state index in [1.165, 1.54) is 0 Å². The Labute approximate surface area is 67.1 Å². The van der Waals surface area contributed by atoms with Crippen LogP contribution in [0.2, 0.25) is 0 Å². The molecule has 1 aliphatic heterocycles. The van der Waals surface area contributed by atoms with Gasteiger partial charge in [-0.2, -0.15) is 0 Å². The van der Waals surface area contributed by atoms with Gasteiger partial charge in [0.25, 0.3) is 0 Å². The van der Waals surface area contributed by atoms with Gasteiger partial charge in [0.15, 0.2) is 0 Å². The fraction of sp³-hybridized carbons (Fsp3) is 0.500. The minimum absolute atomic E-state index is 0.293. The first kappa shape index (κ1) is 8.87. The van der Waals surface area contributed by atoms with Gasteiger partial charge in [0.1, 0.15) is 11.6 Å². The second kappa shape index (κ2) is 2.14. The van der Waals surface area contributed by atoms with Crippen molar-refractivity contribution < 1.29 is 20.4 Å². The van der Waals surface area contributed by atoms with Gasteiger partial charge in [0.05, 0.1) is 0 Å². The smallest absolute Gasteiger partial charge is 0.324 e. The summed E-state index contributed by atoms with van der Waals surface area (Å²) in [5.41, 5.74) is 10.2. The Balaban J connectivity index is 3.00. The van der Waals surface area contributed by atoms with Gasteiger partial charge in [-0.3, -0.25) is 0 Å². The average molecular weight is 178 g/mol. The Morgan fingerprint density at radius 1 is 0.833 bits per heavy atom. The van der Waals surface area contributed by atoms with Gasteiger partial charge >= 0.3 is 11.8 Å². The number of nitrogens with one attached hydrogen (secondary N) is 2. The van der Waals surface area contributed by atoms with Crippen LogP contribution in [-0.2, 0) is 0 Å². The molecule has 8 nitrogen and oxygen atoms in total. The predicted octanol–water partition coefficient (Wildman–Crippen LogP) is -4.50. The standard InChI is InChI=1S/C4H10N4O4/c5-1-2(6)8-4(11,12)3(9,10)7-1/h7-12H,5-6H2. The van der Waals surface area contributed by atoms with E-state index in [-0.39, 0.29) is 11.6 Å². The van der Waals surface area contributed by atoms with Crippen molar-refractivity contribution in [3.63, 3.8) is 0 Å². The summed E-state index contributed by atoms with van der Waals surface area (Å²) in [6.45, 7) is 0. The molecule has 0 fully saturated rings. The van der Waals surface area contributed by atoms with E-state index in [4.69, 9.17) is 31.9 Å². The Hall–Kier alpha value is -1.22. The van der Waals surface area contributed by atoms with Crippen LogP contribution in [0.15, 0.2) is 11.6 Å². The van der Waals surface area contributed by atoms with Crippen molar-refractivity contribution in [3.8, 4) is 0 Å². The summed E-state index contributed by atoms with van der Waals surface area (Å²) in [5, 5.41) is 39.2. The highest BCUT2D eigenvalue weighted by atomic mass is 16.6.